The number of nitrogens with zero attached hydrogens (tertiary/aromatic N) is 2. The average molecular weight is 312 g/mol. The summed E-state index contributed by atoms with van der Waals surface area (Å²) in [6.07, 6.45) is 1.61. The molecule has 0 saturated heterocycles. The number of anilines is 1. The Labute approximate surface area is 127 Å². The van der Waals surface area contributed by atoms with Crippen molar-refractivity contribution in [2.45, 2.75) is 33.2 Å². The van der Waals surface area contributed by atoms with Gasteiger partial charge in [0.15, 0.2) is 0 Å². The predicted octanol–water partition coefficient (Wildman–Crippen LogP) is 4.28. The first-order chi connectivity index (χ1) is 10.0. The largest absolute Gasteiger partial charge is 0.366 e. The maximum atomic E-state index is 13.6. The quantitative estimate of drug-likeness (QED) is 0.837. The van der Waals surface area contributed by atoms with E-state index in [1.807, 2.05) is 6.92 Å². The first-order valence-corrected chi connectivity index (χ1v) is 7.10. The molecule has 0 aliphatic rings. The van der Waals surface area contributed by atoms with Crippen LogP contribution in [0.3, 0.4) is 0 Å². The summed E-state index contributed by atoms with van der Waals surface area (Å²) in [4.78, 5) is 8.56. The van der Waals surface area contributed by atoms with Crippen molar-refractivity contribution >= 4 is 17.4 Å². The summed E-state index contributed by atoms with van der Waals surface area (Å²) in [6, 6.07) is 3.35. The van der Waals surface area contributed by atoms with Crippen LogP contribution in [0.5, 0.6) is 0 Å². The van der Waals surface area contributed by atoms with Crippen LogP contribution in [0.25, 0.3) is 0 Å². The van der Waals surface area contributed by atoms with Crippen molar-refractivity contribution in [1.82, 2.24) is 9.97 Å². The normalized spacial score (nSPS) is 10.7. The standard InChI is InChI=1S/C15H16ClF2N3/c1-3-4-13-20-14(16)9(2)15(21-13)19-8-10-7-11(17)5-6-12(10)18/h5-7H,3-4,8H2,1-2H3,(H,19,20,21). The monoisotopic (exact) mass is 311 g/mol. The van der Waals surface area contributed by atoms with E-state index in [0.29, 0.717) is 28.8 Å². The lowest BCUT2D eigenvalue weighted by molar-refractivity contribution is 0.587. The van der Waals surface area contributed by atoms with Crippen molar-refractivity contribution in [2.75, 3.05) is 5.32 Å². The molecule has 112 valence electrons. The highest BCUT2D eigenvalue weighted by Gasteiger charge is 2.10. The number of hydrogen-bond acceptors (Lipinski definition) is 3. The van der Waals surface area contributed by atoms with E-state index in [0.717, 1.165) is 24.6 Å². The zero-order chi connectivity index (χ0) is 15.4. The van der Waals surface area contributed by atoms with E-state index in [2.05, 4.69) is 15.3 Å². The molecule has 0 aliphatic carbocycles. The SMILES string of the molecule is CCCc1nc(Cl)c(C)c(NCc2cc(F)ccc2F)n1. The minimum Gasteiger partial charge on any atom is -0.366 e. The van der Waals surface area contributed by atoms with Crippen LogP contribution >= 0.6 is 11.6 Å². The van der Waals surface area contributed by atoms with Crippen molar-refractivity contribution in [3.05, 3.63) is 51.9 Å². The summed E-state index contributed by atoms with van der Waals surface area (Å²) in [5.41, 5.74) is 0.925. The van der Waals surface area contributed by atoms with Crippen LogP contribution in [0.4, 0.5) is 14.6 Å². The Morgan fingerprint density at radius 2 is 2.00 bits per heavy atom. The Balaban J connectivity index is 2.21. The van der Waals surface area contributed by atoms with Gasteiger partial charge in [0.05, 0.1) is 0 Å². The number of aromatic nitrogens is 2. The molecule has 1 N–H and O–H groups in total. The topological polar surface area (TPSA) is 37.8 Å². The molecule has 0 amide bonds. The van der Waals surface area contributed by atoms with Gasteiger partial charge in [-0.25, -0.2) is 18.7 Å². The zero-order valence-electron chi connectivity index (χ0n) is 11.9. The third kappa shape index (κ3) is 3.88. The van der Waals surface area contributed by atoms with Crippen LogP contribution in [0, 0.1) is 18.6 Å². The molecule has 1 aromatic heterocycles. The minimum atomic E-state index is -0.475. The molecule has 0 atom stereocenters. The molecule has 2 rings (SSSR count). The Bertz CT molecular complexity index is 647. The molecule has 0 bridgehead atoms. The Morgan fingerprint density at radius 1 is 1.24 bits per heavy atom. The summed E-state index contributed by atoms with van der Waals surface area (Å²) in [7, 11) is 0. The molecular formula is C15H16ClF2N3. The highest BCUT2D eigenvalue weighted by atomic mass is 35.5. The number of benzene rings is 1. The maximum absolute atomic E-state index is 13.6. The van der Waals surface area contributed by atoms with Crippen LogP contribution < -0.4 is 5.32 Å². The molecule has 0 spiro atoms. The molecule has 21 heavy (non-hydrogen) atoms. The molecule has 0 fully saturated rings. The first kappa shape index (κ1) is 15.6. The molecule has 0 aliphatic heterocycles. The van der Waals surface area contributed by atoms with E-state index in [9.17, 15) is 8.78 Å². The third-order valence-electron chi connectivity index (χ3n) is 3.06. The predicted molar refractivity (Wildman–Crippen MR) is 79.5 cm³/mol. The van der Waals surface area contributed by atoms with Crippen LogP contribution in [0.15, 0.2) is 18.2 Å². The lowest BCUT2D eigenvalue weighted by Crippen LogP contribution is -2.08. The first-order valence-electron chi connectivity index (χ1n) is 6.72. The van der Waals surface area contributed by atoms with E-state index in [4.69, 9.17) is 11.6 Å². The Morgan fingerprint density at radius 3 is 2.71 bits per heavy atom. The van der Waals surface area contributed by atoms with Gasteiger partial charge in [-0.05, 0) is 31.5 Å². The molecule has 0 saturated carbocycles. The molecular weight excluding hydrogens is 296 g/mol. The van der Waals surface area contributed by atoms with Gasteiger partial charge in [-0.3, -0.25) is 0 Å². The van der Waals surface area contributed by atoms with Gasteiger partial charge in [-0.15, -0.1) is 0 Å². The van der Waals surface area contributed by atoms with E-state index in [-0.39, 0.29) is 12.1 Å². The number of halogens is 3. The highest BCUT2D eigenvalue weighted by Crippen LogP contribution is 2.21. The van der Waals surface area contributed by atoms with Gasteiger partial charge in [-0.1, -0.05) is 18.5 Å². The van der Waals surface area contributed by atoms with E-state index in [1.165, 1.54) is 0 Å². The van der Waals surface area contributed by atoms with Crippen LogP contribution in [-0.2, 0) is 13.0 Å². The number of hydrogen-bond donors (Lipinski definition) is 1. The van der Waals surface area contributed by atoms with Gasteiger partial charge in [0, 0.05) is 24.1 Å². The van der Waals surface area contributed by atoms with Gasteiger partial charge >= 0.3 is 0 Å². The second-order valence-electron chi connectivity index (χ2n) is 4.74. The van der Waals surface area contributed by atoms with E-state index >= 15 is 0 Å². The summed E-state index contributed by atoms with van der Waals surface area (Å²) in [6.45, 7) is 3.93. The van der Waals surface area contributed by atoms with Gasteiger partial charge in [0.2, 0.25) is 0 Å². The Hall–Kier alpha value is -1.75. The lowest BCUT2D eigenvalue weighted by Gasteiger charge is -2.12. The second kappa shape index (κ2) is 6.80. The fourth-order valence-corrected chi connectivity index (χ4v) is 2.09. The summed E-state index contributed by atoms with van der Waals surface area (Å²) in [5, 5.41) is 3.37. The molecule has 0 unspecified atom stereocenters. The van der Waals surface area contributed by atoms with Gasteiger partial charge < -0.3 is 5.32 Å². The lowest BCUT2D eigenvalue weighted by atomic mass is 10.2. The van der Waals surface area contributed by atoms with E-state index in [1.54, 1.807) is 6.92 Å². The molecule has 0 radical (unpaired) electrons. The number of aryl methyl sites for hydroxylation is 1. The van der Waals surface area contributed by atoms with Gasteiger partial charge in [-0.2, -0.15) is 0 Å². The van der Waals surface area contributed by atoms with Crippen LogP contribution in [0.2, 0.25) is 5.15 Å². The molecule has 3 nitrogen and oxygen atoms in total. The van der Waals surface area contributed by atoms with Gasteiger partial charge in [0.25, 0.3) is 0 Å². The van der Waals surface area contributed by atoms with Crippen molar-refractivity contribution in [3.8, 4) is 0 Å². The molecule has 1 aromatic carbocycles. The fraction of sp³-hybridized carbons (Fsp3) is 0.333. The summed E-state index contributed by atoms with van der Waals surface area (Å²) >= 11 is 6.07. The van der Waals surface area contributed by atoms with Crippen LogP contribution in [-0.4, -0.2) is 9.97 Å². The maximum Gasteiger partial charge on any atom is 0.137 e. The van der Waals surface area contributed by atoms with Crippen LogP contribution in [0.1, 0.15) is 30.3 Å². The van der Waals surface area contributed by atoms with E-state index < -0.39 is 11.6 Å². The van der Waals surface area contributed by atoms with Crippen molar-refractivity contribution < 1.29 is 8.78 Å². The number of nitrogens with one attached hydrogen (secondary N) is 1. The molecule has 6 heteroatoms. The Kier molecular flexibility index (Phi) is 5.07. The van der Waals surface area contributed by atoms with Gasteiger partial charge in [0.1, 0.15) is 28.4 Å². The summed E-state index contributed by atoms with van der Waals surface area (Å²) < 4.78 is 26.7. The molecule has 1 heterocycles. The average Bonchev–Trinajstić information content (AvgIpc) is 2.44. The van der Waals surface area contributed by atoms with Crippen molar-refractivity contribution in [2.24, 2.45) is 0 Å². The second-order valence-corrected chi connectivity index (χ2v) is 5.10. The minimum absolute atomic E-state index is 0.128. The summed E-state index contributed by atoms with van der Waals surface area (Å²) in [5.74, 6) is 0.241. The highest BCUT2D eigenvalue weighted by molar-refractivity contribution is 6.30. The smallest absolute Gasteiger partial charge is 0.137 e. The van der Waals surface area contributed by atoms with Crippen molar-refractivity contribution in [1.29, 1.82) is 0 Å². The molecule has 2 aromatic rings. The third-order valence-corrected chi connectivity index (χ3v) is 3.43. The van der Waals surface area contributed by atoms with Crippen molar-refractivity contribution in [3.63, 3.8) is 0 Å². The zero-order valence-corrected chi connectivity index (χ0v) is 12.6. The fourth-order valence-electron chi connectivity index (χ4n) is 1.90. The number of rotatable bonds is 5.